The molecule has 4 N–H and O–H groups in total. The fourth-order valence-corrected chi connectivity index (χ4v) is 1.87. The van der Waals surface area contributed by atoms with Crippen molar-refractivity contribution in [2.75, 3.05) is 6.54 Å². The Balaban J connectivity index is 2.69. The van der Waals surface area contributed by atoms with Gasteiger partial charge in [0.05, 0.1) is 19.0 Å². The van der Waals surface area contributed by atoms with E-state index in [0.717, 1.165) is 0 Å². The molecule has 1 rings (SSSR count). The Bertz CT molecular complexity index is 434. The Hall–Kier alpha value is -2.30. The number of likely N-dealkylation sites (tertiary alicyclic amines) is 1. The number of halogens is 1. The average molecular weight is 271 g/mol. The van der Waals surface area contributed by atoms with Gasteiger partial charge in [0.25, 0.3) is 0 Å². The van der Waals surface area contributed by atoms with Gasteiger partial charge in [0.1, 0.15) is 12.2 Å². The molecule has 1 heterocycles. The maximum atomic E-state index is 13.2. The summed E-state index contributed by atoms with van der Waals surface area (Å²) in [4.78, 5) is 34.1. The van der Waals surface area contributed by atoms with Crippen molar-refractivity contribution in [2.45, 2.75) is 31.1 Å². The molecule has 104 valence electrons. The molecule has 0 aromatic carbocycles. The lowest BCUT2D eigenvalue weighted by Crippen LogP contribution is -2.48. The minimum absolute atomic E-state index is 0.230. The predicted molar refractivity (Wildman–Crippen MR) is 62.6 cm³/mol. The SMILES string of the molecule is C#C[C@H](CC(N)=O)NC(=O)[C@@H]1C[C@@H](F)CN1C(=O)O. The van der Waals surface area contributed by atoms with Crippen LogP contribution in [0.15, 0.2) is 0 Å². The summed E-state index contributed by atoms with van der Waals surface area (Å²) in [6, 6.07) is -2.07. The molecule has 0 saturated carbocycles. The lowest BCUT2D eigenvalue weighted by Gasteiger charge is -2.21. The van der Waals surface area contributed by atoms with E-state index in [2.05, 4.69) is 11.2 Å². The standard InChI is InChI=1S/C11H14FN3O4/c1-2-7(4-9(13)16)14-10(17)8-3-6(12)5-15(8)11(18)19/h1,6-8H,3-5H2,(H2,13,16)(H,14,17)(H,18,19)/t6-,7-,8+/m1/s1. The van der Waals surface area contributed by atoms with Crippen LogP contribution < -0.4 is 11.1 Å². The second kappa shape index (κ2) is 6.04. The molecular formula is C11H14FN3O4. The van der Waals surface area contributed by atoms with Crippen molar-refractivity contribution in [1.82, 2.24) is 10.2 Å². The molecule has 7 nitrogen and oxygen atoms in total. The van der Waals surface area contributed by atoms with Gasteiger partial charge in [-0.15, -0.1) is 6.42 Å². The van der Waals surface area contributed by atoms with Crippen LogP contribution in [-0.4, -0.2) is 52.7 Å². The van der Waals surface area contributed by atoms with Crippen LogP contribution >= 0.6 is 0 Å². The summed E-state index contributed by atoms with van der Waals surface area (Å²) >= 11 is 0. The minimum Gasteiger partial charge on any atom is -0.465 e. The Morgan fingerprint density at radius 1 is 1.58 bits per heavy atom. The minimum atomic E-state index is -1.40. The fraction of sp³-hybridized carbons (Fsp3) is 0.545. The second-order valence-electron chi connectivity index (χ2n) is 4.18. The van der Waals surface area contributed by atoms with Crippen LogP contribution in [0.3, 0.4) is 0 Å². The van der Waals surface area contributed by atoms with E-state index in [-0.39, 0.29) is 19.4 Å². The quantitative estimate of drug-likeness (QED) is 0.573. The predicted octanol–water partition coefficient (Wildman–Crippen LogP) is -0.930. The normalized spacial score (nSPS) is 23.5. The average Bonchev–Trinajstić information content (AvgIpc) is 2.70. The van der Waals surface area contributed by atoms with E-state index in [9.17, 15) is 18.8 Å². The molecule has 3 atom stereocenters. The van der Waals surface area contributed by atoms with Crippen LogP contribution in [0, 0.1) is 12.3 Å². The van der Waals surface area contributed by atoms with Crippen molar-refractivity contribution in [3.05, 3.63) is 0 Å². The summed E-state index contributed by atoms with van der Waals surface area (Å²) in [5.41, 5.74) is 4.95. The van der Waals surface area contributed by atoms with Gasteiger partial charge in [-0.25, -0.2) is 9.18 Å². The second-order valence-corrected chi connectivity index (χ2v) is 4.18. The Labute approximate surface area is 108 Å². The molecule has 1 aliphatic rings. The van der Waals surface area contributed by atoms with Crippen molar-refractivity contribution in [3.8, 4) is 12.3 Å². The van der Waals surface area contributed by atoms with Crippen molar-refractivity contribution in [1.29, 1.82) is 0 Å². The number of nitrogens with zero attached hydrogens (tertiary/aromatic N) is 1. The van der Waals surface area contributed by atoms with Crippen LogP contribution in [0.1, 0.15) is 12.8 Å². The van der Waals surface area contributed by atoms with Crippen molar-refractivity contribution in [3.63, 3.8) is 0 Å². The van der Waals surface area contributed by atoms with Gasteiger partial charge in [0.15, 0.2) is 0 Å². The molecule has 0 aliphatic carbocycles. The van der Waals surface area contributed by atoms with Gasteiger partial charge in [-0.05, 0) is 0 Å². The molecule has 1 saturated heterocycles. The van der Waals surface area contributed by atoms with Crippen molar-refractivity contribution < 1.29 is 23.9 Å². The zero-order valence-corrected chi connectivity index (χ0v) is 10.0. The molecule has 0 unspecified atom stereocenters. The molecule has 0 radical (unpaired) electrons. The van der Waals surface area contributed by atoms with E-state index in [1.807, 2.05) is 0 Å². The number of amides is 3. The van der Waals surface area contributed by atoms with Gasteiger partial charge in [0.2, 0.25) is 11.8 Å². The molecule has 0 aromatic rings. The largest absolute Gasteiger partial charge is 0.465 e. The van der Waals surface area contributed by atoms with Crippen LogP contribution in [0.4, 0.5) is 9.18 Å². The Morgan fingerprint density at radius 3 is 2.68 bits per heavy atom. The molecular weight excluding hydrogens is 257 g/mol. The molecule has 19 heavy (non-hydrogen) atoms. The molecule has 0 spiro atoms. The first-order valence-corrected chi connectivity index (χ1v) is 5.53. The lowest BCUT2D eigenvalue weighted by molar-refractivity contribution is -0.125. The number of primary amides is 1. The number of alkyl halides is 1. The summed E-state index contributed by atoms with van der Waals surface area (Å²) in [7, 11) is 0. The summed E-state index contributed by atoms with van der Waals surface area (Å²) in [5.74, 6) is 0.720. The highest BCUT2D eigenvalue weighted by molar-refractivity contribution is 5.87. The highest BCUT2D eigenvalue weighted by Crippen LogP contribution is 2.20. The number of rotatable bonds is 4. The molecule has 0 aromatic heterocycles. The smallest absolute Gasteiger partial charge is 0.408 e. The number of nitrogens with two attached hydrogens (primary N) is 1. The summed E-state index contributed by atoms with van der Waals surface area (Å²) in [5, 5.41) is 11.1. The summed E-state index contributed by atoms with van der Waals surface area (Å²) < 4.78 is 13.2. The number of carbonyl (C=O) groups excluding carboxylic acids is 2. The molecule has 1 aliphatic heterocycles. The number of hydrogen-bond acceptors (Lipinski definition) is 3. The van der Waals surface area contributed by atoms with E-state index in [4.69, 9.17) is 17.3 Å². The van der Waals surface area contributed by atoms with Gasteiger partial charge in [-0.2, -0.15) is 0 Å². The topological polar surface area (TPSA) is 113 Å². The zero-order valence-electron chi connectivity index (χ0n) is 10.0. The van der Waals surface area contributed by atoms with Crippen molar-refractivity contribution >= 4 is 17.9 Å². The molecule has 1 fully saturated rings. The number of carbonyl (C=O) groups is 3. The van der Waals surface area contributed by atoms with E-state index in [1.165, 1.54) is 0 Å². The first kappa shape index (κ1) is 14.8. The fourth-order valence-electron chi connectivity index (χ4n) is 1.87. The summed E-state index contributed by atoms with van der Waals surface area (Å²) in [6.45, 7) is -0.357. The van der Waals surface area contributed by atoms with Crippen LogP contribution in [0.25, 0.3) is 0 Å². The van der Waals surface area contributed by atoms with E-state index < -0.39 is 36.2 Å². The monoisotopic (exact) mass is 271 g/mol. The van der Waals surface area contributed by atoms with E-state index in [0.29, 0.717) is 4.90 Å². The van der Waals surface area contributed by atoms with Crippen LogP contribution in [-0.2, 0) is 9.59 Å². The third-order valence-electron chi connectivity index (χ3n) is 2.72. The number of terminal acetylenes is 1. The zero-order chi connectivity index (χ0) is 14.6. The van der Waals surface area contributed by atoms with E-state index in [1.54, 1.807) is 0 Å². The van der Waals surface area contributed by atoms with Gasteiger partial charge >= 0.3 is 6.09 Å². The van der Waals surface area contributed by atoms with Crippen LogP contribution in [0.2, 0.25) is 0 Å². The summed E-state index contributed by atoms with van der Waals surface area (Å²) in [6.07, 6.45) is 1.84. The van der Waals surface area contributed by atoms with Gasteiger partial charge in [0, 0.05) is 6.42 Å². The van der Waals surface area contributed by atoms with Gasteiger partial charge < -0.3 is 16.2 Å². The maximum absolute atomic E-state index is 13.2. The first-order valence-electron chi connectivity index (χ1n) is 5.53. The number of nitrogens with one attached hydrogen (secondary N) is 1. The molecule has 0 bridgehead atoms. The Morgan fingerprint density at radius 2 is 2.21 bits per heavy atom. The molecule has 8 heteroatoms. The van der Waals surface area contributed by atoms with Gasteiger partial charge in [-0.1, -0.05) is 5.92 Å². The maximum Gasteiger partial charge on any atom is 0.408 e. The van der Waals surface area contributed by atoms with Gasteiger partial charge in [-0.3, -0.25) is 14.5 Å². The third-order valence-corrected chi connectivity index (χ3v) is 2.72. The van der Waals surface area contributed by atoms with Crippen molar-refractivity contribution in [2.24, 2.45) is 5.73 Å². The van der Waals surface area contributed by atoms with Crippen LogP contribution in [0.5, 0.6) is 0 Å². The first-order chi connectivity index (χ1) is 8.85. The highest BCUT2D eigenvalue weighted by atomic mass is 19.1. The van der Waals surface area contributed by atoms with E-state index >= 15 is 0 Å². The Kier molecular flexibility index (Phi) is 4.69. The lowest BCUT2D eigenvalue weighted by atomic mass is 10.1. The number of carboxylic acid groups (broad SMARTS) is 1. The molecule has 3 amide bonds. The highest BCUT2D eigenvalue weighted by Gasteiger charge is 2.40. The number of hydrogen-bond donors (Lipinski definition) is 3. The third kappa shape index (κ3) is 3.84.